The SMILES string of the molecule is N#CC1CCC(NCCc2cccs2)CC1. The number of hydrogen-bond acceptors (Lipinski definition) is 3. The zero-order valence-electron chi connectivity index (χ0n) is 9.48. The zero-order chi connectivity index (χ0) is 11.2. The summed E-state index contributed by atoms with van der Waals surface area (Å²) in [5, 5.41) is 14.5. The lowest BCUT2D eigenvalue weighted by molar-refractivity contribution is 0.334. The first-order valence-corrected chi connectivity index (χ1v) is 6.92. The van der Waals surface area contributed by atoms with Crippen molar-refractivity contribution in [2.75, 3.05) is 6.54 Å². The summed E-state index contributed by atoms with van der Waals surface area (Å²) in [4.78, 5) is 1.46. The Kier molecular flexibility index (Phi) is 4.38. The molecule has 3 heteroatoms. The van der Waals surface area contributed by atoms with Gasteiger partial charge < -0.3 is 5.32 Å². The molecule has 0 saturated heterocycles. The van der Waals surface area contributed by atoms with Crippen LogP contribution >= 0.6 is 11.3 Å². The van der Waals surface area contributed by atoms with Gasteiger partial charge in [0.25, 0.3) is 0 Å². The van der Waals surface area contributed by atoms with Gasteiger partial charge in [0.1, 0.15) is 0 Å². The van der Waals surface area contributed by atoms with Gasteiger partial charge in [-0.3, -0.25) is 0 Å². The van der Waals surface area contributed by atoms with Gasteiger partial charge in [-0.1, -0.05) is 6.07 Å². The summed E-state index contributed by atoms with van der Waals surface area (Å²) in [6.45, 7) is 1.07. The molecule has 1 fully saturated rings. The molecular formula is C13H18N2S. The number of hydrogen-bond donors (Lipinski definition) is 1. The van der Waals surface area contributed by atoms with Crippen LogP contribution in [0, 0.1) is 17.2 Å². The lowest BCUT2D eigenvalue weighted by Gasteiger charge is -2.25. The normalized spacial score (nSPS) is 25.2. The van der Waals surface area contributed by atoms with E-state index >= 15 is 0 Å². The van der Waals surface area contributed by atoms with Gasteiger partial charge in [-0.05, 0) is 43.6 Å². The summed E-state index contributed by atoms with van der Waals surface area (Å²) in [5.74, 6) is 0.315. The molecule has 1 heterocycles. The van der Waals surface area contributed by atoms with Gasteiger partial charge in [-0.2, -0.15) is 5.26 Å². The standard InChI is InChI=1S/C13H18N2S/c14-10-11-3-5-12(6-4-11)15-8-7-13-2-1-9-16-13/h1-2,9,11-12,15H,3-8H2. The van der Waals surface area contributed by atoms with Crippen molar-refractivity contribution in [1.29, 1.82) is 5.26 Å². The number of thiophene rings is 1. The first kappa shape index (κ1) is 11.6. The third-order valence-corrected chi connectivity index (χ3v) is 4.23. The summed E-state index contributed by atoms with van der Waals surface area (Å²) in [6, 6.07) is 7.32. The fraction of sp³-hybridized carbons (Fsp3) is 0.615. The summed E-state index contributed by atoms with van der Waals surface area (Å²) < 4.78 is 0. The minimum atomic E-state index is 0.315. The second kappa shape index (κ2) is 6.03. The first-order chi connectivity index (χ1) is 7.88. The lowest BCUT2D eigenvalue weighted by atomic mass is 9.87. The molecule has 0 aliphatic heterocycles. The number of rotatable bonds is 4. The van der Waals surface area contributed by atoms with Crippen molar-refractivity contribution in [2.24, 2.45) is 5.92 Å². The maximum Gasteiger partial charge on any atom is 0.0655 e. The Bertz CT molecular complexity index is 331. The monoisotopic (exact) mass is 234 g/mol. The molecule has 0 bridgehead atoms. The molecule has 2 nitrogen and oxygen atoms in total. The smallest absolute Gasteiger partial charge is 0.0655 e. The molecule has 1 aliphatic rings. The van der Waals surface area contributed by atoms with Crippen LogP contribution in [0.5, 0.6) is 0 Å². The van der Waals surface area contributed by atoms with E-state index in [-0.39, 0.29) is 0 Å². The van der Waals surface area contributed by atoms with Crippen LogP contribution in [0.25, 0.3) is 0 Å². The quantitative estimate of drug-likeness (QED) is 0.869. The van der Waals surface area contributed by atoms with Gasteiger partial charge in [0.15, 0.2) is 0 Å². The van der Waals surface area contributed by atoms with Gasteiger partial charge in [0, 0.05) is 23.4 Å². The molecule has 0 radical (unpaired) electrons. The van der Waals surface area contributed by atoms with Crippen molar-refractivity contribution in [3.8, 4) is 6.07 Å². The molecule has 16 heavy (non-hydrogen) atoms. The molecule has 1 N–H and O–H groups in total. The highest BCUT2D eigenvalue weighted by Crippen LogP contribution is 2.23. The zero-order valence-corrected chi connectivity index (χ0v) is 10.3. The molecule has 0 amide bonds. The van der Waals surface area contributed by atoms with Crippen molar-refractivity contribution < 1.29 is 0 Å². The van der Waals surface area contributed by atoms with Crippen molar-refractivity contribution in [3.05, 3.63) is 22.4 Å². The Hall–Kier alpha value is -0.850. The van der Waals surface area contributed by atoms with E-state index in [0.29, 0.717) is 12.0 Å². The van der Waals surface area contributed by atoms with Crippen LogP contribution in [0.1, 0.15) is 30.6 Å². The predicted octanol–water partition coefficient (Wildman–Crippen LogP) is 2.96. The molecule has 0 unspecified atom stereocenters. The van der Waals surface area contributed by atoms with Gasteiger partial charge >= 0.3 is 0 Å². The van der Waals surface area contributed by atoms with Gasteiger partial charge in [0.05, 0.1) is 6.07 Å². The molecular weight excluding hydrogens is 216 g/mol. The molecule has 0 spiro atoms. The van der Waals surface area contributed by atoms with Crippen molar-refractivity contribution in [2.45, 2.75) is 38.1 Å². The summed E-state index contributed by atoms with van der Waals surface area (Å²) in [7, 11) is 0. The third kappa shape index (κ3) is 3.33. The fourth-order valence-corrected chi connectivity index (χ4v) is 2.99. The van der Waals surface area contributed by atoms with E-state index < -0.39 is 0 Å². The molecule has 1 aromatic rings. The number of nitrogens with zero attached hydrogens (tertiary/aromatic N) is 1. The highest BCUT2D eigenvalue weighted by atomic mass is 32.1. The topological polar surface area (TPSA) is 35.8 Å². The van der Waals surface area contributed by atoms with E-state index in [1.807, 2.05) is 11.3 Å². The van der Waals surface area contributed by atoms with Gasteiger partial charge in [-0.15, -0.1) is 11.3 Å². The Morgan fingerprint density at radius 2 is 2.19 bits per heavy atom. The number of nitrogens with one attached hydrogen (secondary N) is 1. The van der Waals surface area contributed by atoms with E-state index in [1.165, 1.54) is 17.7 Å². The maximum absolute atomic E-state index is 8.81. The van der Waals surface area contributed by atoms with Crippen molar-refractivity contribution in [1.82, 2.24) is 5.32 Å². The molecule has 0 atom stereocenters. The van der Waals surface area contributed by atoms with Crippen LogP contribution in [-0.4, -0.2) is 12.6 Å². The highest BCUT2D eigenvalue weighted by molar-refractivity contribution is 7.09. The Morgan fingerprint density at radius 3 is 2.81 bits per heavy atom. The second-order valence-electron chi connectivity index (χ2n) is 4.46. The molecule has 86 valence electrons. The summed E-state index contributed by atoms with van der Waals surface area (Å²) in [6.07, 6.45) is 5.63. The van der Waals surface area contributed by atoms with Crippen molar-refractivity contribution in [3.63, 3.8) is 0 Å². The summed E-state index contributed by atoms with van der Waals surface area (Å²) in [5.41, 5.74) is 0. The average Bonchev–Trinajstić information content (AvgIpc) is 2.83. The third-order valence-electron chi connectivity index (χ3n) is 3.29. The first-order valence-electron chi connectivity index (χ1n) is 6.04. The van der Waals surface area contributed by atoms with Crippen LogP contribution < -0.4 is 5.32 Å². The molecule has 2 rings (SSSR count). The molecule has 0 aromatic carbocycles. The summed E-state index contributed by atoms with van der Waals surface area (Å²) >= 11 is 1.83. The fourth-order valence-electron chi connectivity index (χ4n) is 2.28. The van der Waals surface area contributed by atoms with E-state index in [9.17, 15) is 0 Å². The molecule has 1 saturated carbocycles. The Morgan fingerprint density at radius 1 is 1.38 bits per heavy atom. The van der Waals surface area contributed by atoms with Crippen LogP contribution in [-0.2, 0) is 6.42 Å². The maximum atomic E-state index is 8.81. The minimum absolute atomic E-state index is 0.315. The van der Waals surface area contributed by atoms with Gasteiger partial charge in [-0.25, -0.2) is 0 Å². The van der Waals surface area contributed by atoms with E-state index in [1.54, 1.807) is 0 Å². The Balaban J connectivity index is 1.63. The van der Waals surface area contributed by atoms with Crippen LogP contribution in [0.4, 0.5) is 0 Å². The van der Waals surface area contributed by atoms with Crippen molar-refractivity contribution >= 4 is 11.3 Å². The average molecular weight is 234 g/mol. The largest absolute Gasteiger partial charge is 0.314 e. The van der Waals surface area contributed by atoms with Crippen LogP contribution in [0.3, 0.4) is 0 Å². The van der Waals surface area contributed by atoms with E-state index in [2.05, 4.69) is 28.9 Å². The van der Waals surface area contributed by atoms with Crippen LogP contribution in [0.2, 0.25) is 0 Å². The molecule has 1 aliphatic carbocycles. The molecule has 1 aromatic heterocycles. The van der Waals surface area contributed by atoms with E-state index in [4.69, 9.17) is 5.26 Å². The number of nitriles is 1. The second-order valence-corrected chi connectivity index (χ2v) is 5.49. The van der Waals surface area contributed by atoms with E-state index in [0.717, 1.165) is 25.8 Å². The highest BCUT2D eigenvalue weighted by Gasteiger charge is 2.19. The lowest BCUT2D eigenvalue weighted by Crippen LogP contribution is -2.34. The van der Waals surface area contributed by atoms with Gasteiger partial charge in [0.2, 0.25) is 0 Å². The predicted molar refractivity (Wildman–Crippen MR) is 67.4 cm³/mol. The minimum Gasteiger partial charge on any atom is -0.314 e. The Labute approximate surface area is 101 Å². The van der Waals surface area contributed by atoms with Crippen LogP contribution in [0.15, 0.2) is 17.5 Å².